The van der Waals surface area contributed by atoms with Crippen molar-refractivity contribution in [2.75, 3.05) is 0 Å². The topological polar surface area (TPSA) is 33.0 Å². The van der Waals surface area contributed by atoms with Crippen molar-refractivity contribution in [3.8, 4) is 11.8 Å². The van der Waals surface area contributed by atoms with E-state index < -0.39 is 0 Å². The SMILES string of the molecule is N#Cc1cc(Cl)ccc1OC1CCCc2ccccc21. The summed E-state index contributed by atoms with van der Waals surface area (Å²) in [6, 6.07) is 15.7. The molecule has 3 rings (SSSR count). The van der Waals surface area contributed by atoms with Gasteiger partial charge in [0.25, 0.3) is 0 Å². The van der Waals surface area contributed by atoms with Crippen LogP contribution < -0.4 is 4.74 Å². The number of halogens is 1. The Hall–Kier alpha value is -1.98. The van der Waals surface area contributed by atoms with Crippen LogP contribution in [-0.4, -0.2) is 0 Å². The second kappa shape index (κ2) is 5.56. The van der Waals surface area contributed by atoms with Crippen molar-refractivity contribution in [1.82, 2.24) is 0 Å². The maximum Gasteiger partial charge on any atom is 0.138 e. The lowest BCUT2D eigenvalue weighted by Gasteiger charge is -2.26. The van der Waals surface area contributed by atoms with Gasteiger partial charge in [-0.15, -0.1) is 0 Å². The predicted octanol–water partition coefficient (Wildman–Crippen LogP) is 4.67. The molecule has 3 heteroatoms. The van der Waals surface area contributed by atoms with Gasteiger partial charge in [-0.3, -0.25) is 0 Å². The summed E-state index contributed by atoms with van der Waals surface area (Å²) < 4.78 is 6.08. The Morgan fingerprint density at radius 2 is 2.05 bits per heavy atom. The summed E-state index contributed by atoms with van der Waals surface area (Å²) in [6.45, 7) is 0. The van der Waals surface area contributed by atoms with Crippen LogP contribution in [0.15, 0.2) is 42.5 Å². The first-order chi connectivity index (χ1) is 9.78. The Morgan fingerprint density at radius 1 is 1.20 bits per heavy atom. The molecule has 2 aromatic rings. The number of nitrogens with zero attached hydrogens (tertiary/aromatic N) is 1. The molecule has 0 saturated heterocycles. The summed E-state index contributed by atoms with van der Waals surface area (Å²) in [5, 5.41) is 9.73. The normalized spacial score (nSPS) is 17.1. The van der Waals surface area contributed by atoms with E-state index in [9.17, 15) is 5.26 Å². The van der Waals surface area contributed by atoms with E-state index in [1.807, 2.05) is 6.07 Å². The van der Waals surface area contributed by atoms with Crippen LogP contribution in [0, 0.1) is 11.3 Å². The van der Waals surface area contributed by atoms with Crippen molar-refractivity contribution >= 4 is 11.6 Å². The van der Waals surface area contributed by atoms with Gasteiger partial charge in [-0.1, -0.05) is 35.9 Å². The molecule has 0 radical (unpaired) electrons. The lowest BCUT2D eigenvalue weighted by atomic mass is 9.89. The fourth-order valence-corrected chi connectivity index (χ4v) is 2.85. The van der Waals surface area contributed by atoms with Crippen LogP contribution in [0.5, 0.6) is 5.75 Å². The third-order valence-corrected chi connectivity index (χ3v) is 3.88. The van der Waals surface area contributed by atoms with Gasteiger partial charge in [0.2, 0.25) is 0 Å². The molecule has 0 aromatic heterocycles. The van der Waals surface area contributed by atoms with Crippen molar-refractivity contribution < 1.29 is 4.74 Å². The van der Waals surface area contributed by atoms with Crippen LogP contribution in [0.3, 0.4) is 0 Å². The highest BCUT2D eigenvalue weighted by atomic mass is 35.5. The molecule has 1 aliphatic rings. The number of benzene rings is 2. The molecule has 2 aromatic carbocycles. The Bertz CT molecular complexity index is 675. The molecule has 0 heterocycles. The van der Waals surface area contributed by atoms with Gasteiger partial charge >= 0.3 is 0 Å². The fourth-order valence-electron chi connectivity index (χ4n) is 2.68. The molecular weight excluding hydrogens is 270 g/mol. The van der Waals surface area contributed by atoms with E-state index >= 15 is 0 Å². The third kappa shape index (κ3) is 2.50. The van der Waals surface area contributed by atoms with E-state index in [0.29, 0.717) is 16.3 Å². The van der Waals surface area contributed by atoms with Crippen LogP contribution in [-0.2, 0) is 6.42 Å². The van der Waals surface area contributed by atoms with Crippen molar-refractivity contribution in [3.63, 3.8) is 0 Å². The van der Waals surface area contributed by atoms with Gasteiger partial charge in [-0.05, 0) is 48.6 Å². The molecule has 0 spiro atoms. The minimum atomic E-state index is 0.0215. The van der Waals surface area contributed by atoms with E-state index in [4.69, 9.17) is 16.3 Å². The maximum absolute atomic E-state index is 9.18. The summed E-state index contributed by atoms with van der Waals surface area (Å²) in [5.41, 5.74) is 3.06. The van der Waals surface area contributed by atoms with Crippen LogP contribution >= 0.6 is 11.6 Å². The zero-order chi connectivity index (χ0) is 13.9. The summed E-state index contributed by atoms with van der Waals surface area (Å²) >= 11 is 5.91. The van der Waals surface area contributed by atoms with Gasteiger partial charge in [0.05, 0.1) is 5.56 Å². The van der Waals surface area contributed by atoms with Crippen LogP contribution in [0.1, 0.15) is 35.6 Å². The molecule has 0 bridgehead atoms. The van der Waals surface area contributed by atoms with E-state index in [0.717, 1.165) is 19.3 Å². The molecule has 20 heavy (non-hydrogen) atoms. The van der Waals surface area contributed by atoms with Crippen molar-refractivity contribution in [1.29, 1.82) is 5.26 Å². The van der Waals surface area contributed by atoms with Gasteiger partial charge < -0.3 is 4.74 Å². The first-order valence-electron chi connectivity index (χ1n) is 6.72. The molecule has 0 amide bonds. The number of fused-ring (bicyclic) bond motifs is 1. The Kier molecular flexibility index (Phi) is 3.62. The van der Waals surface area contributed by atoms with Gasteiger partial charge in [0.15, 0.2) is 0 Å². The lowest BCUT2D eigenvalue weighted by Crippen LogP contribution is -2.15. The average Bonchev–Trinajstić information content (AvgIpc) is 2.49. The molecule has 0 fully saturated rings. The zero-order valence-electron chi connectivity index (χ0n) is 11.0. The van der Waals surface area contributed by atoms with E-state index in [1.54, 1.807) is 18.2 Å². The quantitative estimate of drug-likeness (QED) is 0.802. The van der Waals surface area contributed by atoms with Gasteiger partial charge in [0.1, 0.15) is 17.9 Å². The first kappa shape index (κ1) is 13.0. The Morgan fingerprint density at radius 3 is 2.90 bits per heavy atom. The predicted molar refractivity (Wildman–Crippen MR) is 78.9 cm³/mol. The molecule has 0 saturated carbocycles. The highest BCUT2D eigenvalue weighted by Crippen LogP contribution is 2.35. The summed E-state index contributed by atoms with van der Waals surface area (Å²) in [6.07, 6.45) is 3.21. The fraction of sp³-hybridized carbons (Fsp3) is 0.235. The zero-order valence-corrected chi connectivity index (χ0v) is 11.7. The van der Waals surface area contributed by atoms with Crippen molar-refractivity contribution in [3.05, 3.63) is 64.2 Å². The third-order valence-electron chi connectivity index (χ3n) is 3.65. The van der Waals surface area contributed by atoms with Crippen LogP contribution in [0.4, 0.5) is 0 Å². The number of aryl methyl sites for hydroxylation is 1. The average molecular weight is 284 g/mol. The van der Waals surface area contributed by atoms with Crippen LogP contribution in [0.2, 0.25) is 5.02 Å². The molecular formula is C17H14ClNO. The minimum Gasteiger partial charge on any atom is -0.484 e. The highest BCUT2D eigenvalue weighted by molar-refractivity contribution is 6.30. The second-order valence-corrected chi connectivity index (χ2v) is 5.39. The van der Waals surface area contributed by atoms with E-state index in [2.05, 4.69) is 24.3 Å². The minimum absolute atomic E-state index is 0.0215. The molecule has 0 N–H and O–H groups in total. The number of hydrogen-bond acceptors (Lipinski definition) is 2. The molecule has 1 atom stereocenters. The standard InChI is InChI=1S/C17H14ClNO/c18-14-8-9-16(13(10-14)11-19)20-17-7-3-5-12-4-1-2-6-15(12)17/h1-2,4,6,8-10,17H,3,5,7H2. The highest BCUT2D eigenvalue weighted by Gasteiger charge is 2.22. The van der Waals surface area contributed by atoms with Gasteiger partial charge in [-0.25, -0.2) is 0 Å². The number of ether oxygens (including phenoxy) is 1. The number of rotatable bonds is 2. The summed E-state index contributed by atoms with van der Waals surface area (Å²) in [7, 11) is 0. The maximum atomic E-state index is 9.18. The molecule has 1 unspecified atom stereocenters. The van der Waals surface area contributed by atoms with Crippen molar-refractivity contribution in [2.45, 2.75) is 25.4 Å². The van der Waals surface area contributed by atoms with Gasteiger partial charge in [-0.2, -0.15) is 5.26 Å². The largest absolute Gasteiger partial charge is 0.484 e. The summed E-state index contributed by atoms with van der Waals surface area (Å²) in [4.78, 5) is 0. The molecule has 2 nitrogen and oxygen atoms in total. The lowest BCUT2D eigenvalue weighted by molar-refractivity contribution is 0.183. The van der Waals surface area contributed by atoms with Crippen molar-refractivity contribution in [2.24, 2.45) is 0 Å². The van der Waals surface area contributed by atoms with Crippen LogP contribution in [0.25, 0.3) is 0 Å². The molecule has 0 aliphatic heterocycles. The molecule has 1 aliphatic carbocycles. The van der Waals surface area contributed by atoms with E-state index in [1.165, 1.54) is 11.1 Å². The Labute approximate surface area is 123 Å². The number of nitriles is 1. The number of hydrogen-bond donors (Lipinski definition) is 0. The first-order valence-corrected chi connectivity index (χ1v) is 7.10. The Balaban J connectivity index is 1.92. The monoisotopic (exact) mass is 283 g/mol. The second-order valence-electron chi connectivity index (χ2n) is 4.95. The van der Waals surface area contributed by atoms with Gasteiger partial charge in [0, 0.05) is 5.02 Å². The smallest absolute Gasteiger partial charge is 0.138 e. The van der Waals surface area contributed by atoms with E-state index in [-0.39, 0.29) is 6.10 Å². The molecule has 100 valence electrons. The summed E-state index contributed by atoms with van der Waals surface area (Å²) in [5.74, 6) is 0.610.